The number of aromatic amines is 1. The van der Waals surface area contributed by atoms with Crippen molar-refractivity contribution < 1.29 is 0 Å². The zero-order valence-corrected chi connectivity index (χ0v) is 10.6. The van der Waals surface area contributed by atoms with Gasteiger partial charge in [-0.3, -0.25) is 5.10 Å². The number of nitrogen functional groups attached to an aromatic ring is 1. The van der Waals surface area contributed by atoms with E-state index in [1.807, 2.05) is 31.2 Å². The molecule has 0 aliphatic heterocycles. The second-order valence-electron chi connectivity index (χ2n) is 4.28. The molecule has 4 N–H and O–H groups in total. The van der Waals surface area contributed by atoms with Crippen molar-refractivity contribution in [3.05, 3.63) is 36.4 Å². The highest BCUT2D eigenvalue weighted by atomic mass is 15.2. The average Bonchev–Trinajstić information content (AvgIpc) is 2.81. The summed E-state index contributed by atoms with van der Waals surface area (Å²) in [7, 11) is 0. The van der Waals surface area contributed by atoms with Crippen LogP contribution in [-0.2, 0) is 0 Å². The predicted molar refractivity (Wildman–Crippen MR) is 77.9 cm³/mol. The first-order chi connectivity index (χ1) is 9.29. The van der Waals surface area contributed by atoms with Crippen LogP contribution in [0.5, 0.6) is 0 Å². The minimum absolute atomic E-state index is 0.476. The fourth-order valence-electron chi connectivity index (χ4n) is 2.17. The second-order valence-corrected chi connectivity index (χ2v) is 4.28. The lowest BCUT2D eigenvalue weighted by molar-refractivity contribution is 1.10. The Hall–Kier alpha value is -2.56. The van der Waals surface area contributed by atoms with Crippen LogP contribution in [0.2, 0.25) is 0 Å². The molecule has 0 saturated carbocycles. The Morgan fingerprint density at radius 1 is 1.26 bits per heavy atom. The van der Waals surface area contributed by atoms with Crippen molar-refractivity contribution in [1.29, 1.82) is 0 Å². The van der Waals surface area contributed by atoms with Crippen molar-refractivity contribution in [1.82, 2.24) is 15.2 Å². The summed E-state index contributed by atoms with van der Waals surface area (Å²) in [4.78, 5) is 4.46. The maximum absolute atomic E-state index is 5.94. The Labute approximate surface area is 110 Å². The number of anilines is 2. The highest BCUT2D eigenvalue weighted by molar-refractivity contribution is 6.00. The van der Waals surface area contributed by atoms with Gasteiger partial charge in [-0.05, 0) is 18.6 Å². The molecule has 0 aliphatic rings. The van der Waals surface area contributed by atoms with Crippen LogP contribution in [-0.4, -0.2) is 21.7 Å². The van der Waals surface area contributed by atoms with E-state index in [1.54, 1.807) is 0 Å². The summed E-state index contributed by atoms with van der Waals surface area (Å²) >= 11 is 0. The zero-order valence-electron chi connectivity index (χ0n) is 10.6. The van der Waals surface area contributed by atoms with Gasteiger partial charge < -0.3 is 11.1 Å². The Morgan fingerprint density at radius 3 is 2.79 bits per heavy atom. The van der Waals surface area contributed by atoms with Gasteiger partial charge in [0.05, 0.1) is 5.39 Å². The van der Waals surface area contributed by atoms with Crippen LogP contribution in [0.15, 0.2) is 36.4 Å². The van der Waals surface area contributed by atoms with Crippen molar-refractivity contribution in [2.75, 3.05) is 17.6 Å². The molecule has 0 bridgehead atoms. The lowest BCUT2D eigenvalue weighted by Gasteiger charge is -2.08. The topological polar surface area (TPSA) is 79.6 Å². The summed E-state index contributed by atoms with van der Waals surface area (Å²) in [6.07, 6.45) is 0. The van der Waals surface area contributed by atoms with Crippen molar-refractivity contribution in [2.45, 2.75) is 6.92 Å². The first-order valence-electron chi connectivity index (χ1n) is 6.23. The Balaban J connectivity index is 2.28. The maximum Gasteiger partial charge on any atom is 0.160 e. The molecular formula is C14H15N5. The van der Waals surface area contributed by atoms with Crippen LogP contribution in [0.3, 0.4) is 0 Å². The SMILES string of the molecule is CCNc1cc(-c2ccccc2)c2c(N)n[nH]c2n1. The molecule has 2 aromatic heterocycles. The van der Waals surface area contributed by atoms with E-state index in [0.717, 1.165) is 28.9 Å². The third-order valence-corrected chi connectivity index (χ3v) is 3.00. The lowest BCUT2D eigenvalue weighted by atomic mass is 10.0. The number of hydrogen-bond acceptors (Lipinski definition) is 4. The first kappa shape index (κ1) is 11.5. The quantitative estimate of drug-likeness (QED) is 0.670. The van der Waals surface area contributed by atoms with Crippen molar-refractivity contribution >= 4 is 22.7 Å². The number of fused-ring (bicyclic) bond motifs is 1. The largest absolute Gasteiger partial charge is 0.382 e. The fraction of sp³-hybridized carbons (Fsp3) is 0.143. The second kappa shape index (κ2) is 4.61. The van der Waals surface area contributed by atoms with E-state index in [2.05, 4.69) is 32.6 Å². The Morgan fingerprint density at radius 2 is 2.05 bits per heavy atom. The van der Waals surface area contributed by atoms with Crippen LogP contribution in [0.4, 0.5) is 11.6 Å². The molecule has 0 saturated heterocycles. The lowest BCUT2D eigenvalue weighted by Crippen LogP contribution is -2.00. The van der Waals surface area contributed by atoms with Crippen molar-refractivity contribution in [2.24, 2.45) is 0 Å². The highest BCUT2D eigenvalue weighted by Crippen LogP contribution is 2.32. The van der Waals surface area contributed by atoms with E-state index < -0.39 is 0 Å². The molecule has 0 atom stereocenters. The molecule has 1 aromatic carbocycles. The van der Waals surface area contributed by atoms with E-state index in [4.69, 9.17) is 5.73 Å². The van der Waals surface area contributed by atoms with Gasteiger partial charge in [0.25, 0.3) is 0 Å². The summed E-state index contributed by atoms with van der Waals surface area (Å²) in [6.45, 7) is 2.85. The smallest absolute Gasteiger partial charge is 0.160 e. The molecule has 2 heterocycles. The summed E-state index contributed by atoms with van der Waals surface area (Å²) in [6, 6.07) is 12.1. The molecule has 0 amide bonds. The van der Waals surface area contributed by atoms with E-state index in [0.29, 0.717) is 11.5 Å². The molecule has 0 radical (unpaired) electrons. The number of pyridine rings is 1. The number of nitrogens with two attached hydrogens (primary N) is 1. The minimum atomic E-state index is 0.476. The van der Waals surface area contributed by atoms with Gasteiger partial charge >= 0.3 is 0 Å². The van der Waals surface area contributed by atoms with Crippen LogP contribution >= 0.6 is 0 Å². The zero-order chi connectivity index (χ0) is 13.2. The molecule has 5 heteroatoms. The molecule has 3 aromatic rings. The first-order valence-corrected chi connectivity index (χ1v) is 6.23. The van der Waals surface area contributed by atoms with Gasteiger partial charge in [0.15, 0.2) is 11.5 Å². The standard InChI is InChI=1S/C14H15N5/c1-2-16-11-8-10(9-6-4-3-5-7-9)12-13(15)18-19-14(12)17-11/h3-8H,2H2,1H3,(H4,15,16,17,18,19). The van der Waals surface area contributed by atoms with Gasteiger partial charge in [-0.25, -0.2) is 4.98 Å². The van der Waals surface area contributed by atoms with E-state index in [9.17, 15) is 0 Å². The number of nitrogens with zero attached hydrogens (tertiary/aromatic N) is 2. The Bertz CT molecular complexity index is 702. The van der Waals surface area contributed by atoms with Crippen molar-refractivity contribution in [3.8, 4) is 11.1 Å². The van der Waals surface area contributed by atoms with Crippen LogP contribution < -0.4 is 11.1 Å². The number of aromatic nitrogens is 3. The van der Waals surface area contributed by atoms with Gasteiger partial charge in [0, 0.05) is 12.1 Å². The molecule has 0 spiro atoms. The molecule has 0 aliphatic carbocycles. The van der Waals surface area contributed by atoms with Crippen molar-refractivity contribution in [3.63, 3.8) is 0 Å². The van der Waals surface area contributed by atoms with Crippen LogP contribution in [0.25, 0.3) is 22.2 Å². The summed E-state index contributed by atoms with van der Waals surface area (Å²) < 4.78 is 0. The molecule has 96 valence electrons. The maximum atomic E-state index is 5.94. The number of H-pyrrole nitrogens is 1. The summed E-state index contributed by atoms with van der Waals surface area (Å²) in [5, 5.41) is 11.0. The molecule has 3 rings (SSSR count). The number of nitrogens with one attached hydrogen (secondary N) is 2. The minimum Gasteiger partial charge on any atom is -0.382 e. The van der Waals surface area contributed by atoms with Gasteiger partial charge in [0.1, 0.15) is 5.82 Å². The summed E-state index contributed by atoms with van der Waals surface area (Å²) in [5.74, 6) is 1.29. The third-order valence-electron chi connectivity index (χ3n) is 3.00. The van der Waals surface area contributed by atoms with Crippen LogP contribution in [0, 0.1) is 0 Å². The fourth-order valence-corrected chi connectivity index (χ4v) is 2.17. The average molecular weight is 253 g/mol. The number of rotatable bonds is 3. The van der Waals surface area contributed by atoms with Gasteiger partial charge in [-0.2, -0.15) is 5.10 Å². The number of hydrogen-bond donors (Lipinski definition) is 3. The highest BCUT2D eigenvalue weighted by Gasteiger charge is 2.12. The van der Waals surface area contributed by atoms with E-state index in [-0.39, 0.29) is 0 Å². The molecular weight excluding hydrogens is 238 g/mol. The van der Waals surface area contributed by atoms with Crippen LogP contribution in [0.1, 0.15) is 6.92 Å². The normalized spacial score (nSPS) is 10.8. The van der Waals surface area contributed by atoms with Gasteiger partial charge in [-0.15, -0.1) is 0 Å². The van der Waals surface area contributed by atoms with Gasteiger partial charge in [-0.1, -0.05) is 30.3 Å². The van der Waals surface area contributed by atoms with E-state index in [1.165, 1.54) is 0 Å². The van der Waals surface area contributed by atoms with Gasteiger partial charge in [0.2, 0.25) is 0 Å². The molecule has 0 unspecified atom stereocenters. The molecule has 0 fully saturated rings. The Kier molecular flexibility index (Phi) is 2.79. The predicted octanol–water partition coefficient (Wildman–Crippen LogP) is 2.64. The molecule has 5 nitrogen and oxygen atoms in total. The number of benzene rings is 1. The monoisotopic (exact) mass is 253 g/mol. The molecule has 19 heavy (non-hydrogen) atoms. The summed E-state index contributed by atoms with van der Waals surface area (Å²) in [5.41, 5.74) is 8.77. The van der Waals surface area contributed by atoms with E-state index >= 15 is 0 Å². The third kappa shape index (κ3) is 1.99.